The minimum absolute atomic E-state index is 0.0810. The number of hydrogen-bond donors (Lipinski definition) is 1. The molecule has 4 rings (SSSR count). The van der Waals surface area contributed by atoms with Crippen LogP contribution in [-0.4, -0.2) is 14.9 Å². The van der Waals surface area contributed by atoms with Gasteiger partial charge in [-0.2, -0.15) is 0 Å². The van der Waals surface area contributed by atoms with E-state index in [1.807, 2.05) is 42.6 Å². The van der Waals surface area contributed by atoms with E-state index >= 15 is 0 Å². The van der Waals surface area contributed by atoms with Crippen molar-refractivity contribution < 1.29 is 4.74 Å². The molecule has 0 aliphatic rings. The normalized spacial score (nSPS) is 11.6. The zero-order valence-corrected chi connectivity index (χ0v) is 17.2. The minimum Gasteiger partial charge on any atom is -0.485 e. The number of anilines is 1. The molecule has 4 nitrogen and oxygen atoms in total. The third-order valence-electron chi connectivity index (χ3n) is 4.63. The Bertz CT molecular complexity index is 1080. The first-order chi connectivity index (χ1) is 14.0. The molecule has 0 unspecified atom stereocenters. The van der Waals surface area contributed by atoms with Crippen LogP contribution in [0.3, 0.4) is 0 Å². The summed E-state index contributed by atoms with van der Waals surface area (Å²) in [5, 5.41) is 3.64. The van der Waals surface area contributed by atoms with Gasteiger partial charge in [-0.1, -0.05) is 60.7 Å². The predicted octanol–water partition coefficient (Wildman–Crippen LogP) is 5.71. The van der Waals surface area contributed by atoms with E-state index in [0.717, 1.165) is 34.9 Å². The first-order valence-corrected chi connectivity index (χ1v) is 9.98. The Hall–Kier alpha value is -3.27. The number of rotatable bonds is 6. The standard InChI is InChI=1S/C25H27N3O/c1-25(2,3)27-23-21(17-19-11-6-4-7-12-19)26-24-22(15-10-16-28(23)24)29-18-20-13-8-5-9-14-20/h4-16,27H,17-18H2,1-3H3. The zero-order chi connectivity index (χ0) is 20.3. The van der Waals surface area contributed by atoms with E-state index in [1.165, 1.54) is 5.56 Å². The first-order valence-electron chi connectivity index (χ1n) is 9.98. The van der Waals surface area contributed by atoms with Crippen molar-refractivity contribution in [3.8, 4) is 5.75 Å². The summed E-state index contributed by atoms with van der Waals surface area (Å²) in [5.74, 6) is 1.80. The van der Waals surface area contributed by atoms with E-state index in [0.29, 0.717) is 6.61 Å². The lowest BCUT2D eigenvalue weighted by molar-refractivity contribution is 0.308. The summed E-state index contributed by atoms with van der Waals surface area (Å²) in [5.41, 5.74) is 4.14. The lowest BCUT2D eigenvalue weighted by Crippen LogP contribution is -2.27. The smallest absolute Gasteiger partial charge is 0.181 e. The van der Waals surface area contributed by atoms with Gasteiger partial charge in [0.15, 0.2) is 11.4 Å². The molecule has 4 aromatic rings. The maximum atomic E-state index is 6.14. The van der Waals surface area contributed by atoms with Gasteiger partial charge in [0.25, 0.3) is 0 Å². The van der Waals surface area contributed by atoms with Crippen LogP contribution in [-0.2, 0) is 13.0 Å². The monoisotopic (exact) mass is 385 g/mol. The van der Waals surface area contributed by atoms with Crippen LogP contribution in [0.1, 0.15) is 37.6 Å². The Morgan fingerprint density at radius 3 is 2.17 bits per heavy atom. The van der Waals surface area contributed by atoms with E-state index in [1.54, 1.807) is 0 Å². The van der Waals surface area contributed by atoms with Crippen LogP contribution in [0.2, 0.25) is 0 Å². The number of pyridine rings is 1. The van der Waals surface area contributed by atoms with Gasteiger partial charge < -0.3 is 10.1 Å². The number of benzene rings is 2. The molecule has 2 heterocycles. The summed E-state index contributed by atoms with van der Waals surface area (Å²) in [6, 6.07) is 24.6. The summed E-state index contributed by atoms with van der Waals surface area (Å²) < 4.78 is 8.24. The molecule has 0 saturated heterocycles. The van der Waals surface area contributed by atoms with Crippen molar-refractivity contribution in [1.29, 1.82) is 0 Å². The summed E-state index contributed by atoms with van der Waals surface area (Å²) in [7, 11) is 0. The van der Waals surface area contributed by atoms with Gasteiger partial charge in [0.1, 0.15) is 12.4 Å². The lowest BCUT2D eigenvalue weighted by atomic mass is 10.1. The highest BCUT2D eigenvalue weighted by atomic mass is 16.5. The SMILES string of the molecule is CC(C)(C)Nc1c(Cc2ccccc2)nc2c(OCc3ccccc3)cccn12. The fourth-order valence-corrected chi connectivity index (χ4v) is 3.34. The molecule has 0 amide bonds. The molecule has 2 aromatic heterocycles. The zero-order valence-electron chi connectivity index (χ0n) is 17.2. The van der Waals surface area contributed by atoms with Crippen LogP contribution in [0, 0.1) is 0 Å². The molecular weight excluding hydrogens is 358 g/mol. The van der Waals surface area contributed by atoms with Gasteiger partial charge in [-0.05, 0) is 44.0 Å². The highest BCUT2D eigenvalue weighted by molar-refractivity contribution is 5.63. The molecule has 2 aromatic carbocycles. The van der Waals surface area contributed by atoms with E-state index in [2.05, 4.69) is 66.9 Å². The molecule has 0 atom stereocenters. The van der Waals surface area contributed by atoms with Crippen molar-refractivity contribution in [3.05, 3.63) is 95.8 Å². The Kier molecular flexibility index (Phi) is 5.26. The molecule has 148 valence electrons. The Balaban J connectivity index is 1.72. The Labute approximate surface area is 172 Å². The van der Waals surface area contributed by atoms with Gasteiger partial charge in [-0.3, -0.25) is 4.40 Å². The largest absolute Gasteiger partial charge is 0.485 e. The minimum atomic E-state index is -0.0810. The lowest BCUT2D eigenvalue weighted by Gasteiger charge is -2.22. The Morgan fingerprint density at radius 1 is 0.862 bits per heavy atom. The van der Waals surface area contributed by atoms with E-state index < -0.39 is 0 Å². The van der Waals surface area contributed by atoms with Crippen molar-refractivity contribution in [2.45, 2.75) is 39.3 Å². The first kappa shape index (κ1) is 19.1. The molecule has 0 saturated carbocycles. The maximum absolute atomic E-state index is 6.14. The number of nitrogens with one attached hydrogen (secondary N) is 1. The van der Waals surface area contributed by atoms with Gasteiger partial charge in [-0.25, -0.2) is 4.98 Å². The molecule has 0 radical (unpaired) electrons. The van der Waals surface area contributed by atoms with Crippen molar-refractivity contribution in [2.75, 3.05) is 5.32 Å². The van der Waals surface area contributed by atoms with Gasteiger partial charge in [-0.15, -0.1) is 0 Å². The number of nitrogens with zero attached hydrogens (tertiary/aromatic N) is 2. The molecule has 4 heteroatoms. The number of aromatic nitrogens is 2. The number of fused-ring (bicyclic) bond motifs is 1. The van der Waals surface area contributed by atoms with Crippen LogP contribution < -0.4 is 10.1 Å². The van der Waals surface area contributed by atoms with Crippen molar-refractivity contribution in [1.82, 2.24) is 9.38 Å². The summed E-state index contributed by atoms with van der Waals surface area (Å²) in [4.78, 5) is 4.98. The number of imidazole rings is 1. The quantitative estimate of drug-likeness (QED) is 0.462. The summed E-state index contributed by atoms with van der Waals surface area (Å²) in [6.45, 7) is 7.00. The van der Waals surface area contributed by atoms with E-state index in [-0.39, 0.29) is 5.54 Å². The fourth-order valence-electron chi connectivity index (χ4n) is 3.34. The highest BCUT2D eigenvalue weighted by Crippen LogP contribution is 2.29. The molecule has 1 N–H and O–H groups in total. The predicted molar refractivity (Wildman–Crippen MR) is 119 cm³/mol. The van der Waals surface area contributed by atoms with Crippen LogP contribution >= 0.6 is 0 Å². The van der Waals surface area contributed by atoms with E-state index in [9.17, 15) is 0 Å². The van der Waals surface area contributed by atoms with Gasteiger partial charge in [0.05, 0.1) is 5.69 Å². The molecular formula is C25H27N3O. The second kappa shape index (κ2) is 8.00. The fraction of sp³-hybridized carbons (Fsp3) is 0.240. The van der Waals surface area contributed by atoms with Gasteiger partial charge in [0, 0.05) is 18.2 Å². The average Bonchev–Trinajstić information content (AvgIpc) is 3.04. The maximum Gasteiger partial charge on any atom is 0.181 e. The third kappa shape index (κ3) is 4.60. The van der Waals surface area contributed by atoms with Crippen LogP contribution in [0.15, 0.2) is 79.0 Å². The second-order valence-electron chi connectivity index (χ2n) is 8.28. The van der Waals surface area contributed by atoms with Crippen LogP contribution in [0.25, 0.3) is 5.65 Å². The highest BCUT2D eigenvalue weighted by Gasteiger charge is 2.20. The van der Waals surface area contributed by atoms with Crippen LogP contribution in [0.4, 0.5) is 5.82 Å². The topological polar surface area (TPSA) is 38.6 Å². The van der Waals surface area contributed by atoms with Gasteiger partial charge >= 0.3 is 0 Å². The third-order valence-corrected chi connectivity index (χ3v) is 4.63. The molecule has 0 fully saturated rings. The Morgan fingerprint density at radius 2 is 1.52 bits per heavy atom. The van der Waals surface area contributed by atoms with E-state index in [4.69, 9.17) is 9.72 Å². The van der Waals surface area contributed by atoms with Crippen molar-refractivity contribution >= 4 is 11.5 Å². The molecule has 29 heavy (non-hydrogen) atoms. The summed E-state index contributed by atoms with van der Waals surface area (Å²) in [6.07, 6.45) is 2.80. The number of hydrogen-bond acceptors (Lipinski definition) is 3. The number of ether oxygens (including phenoxy) is 1. The van der Waals surface area contributed by atoms with Crippen LogP contribution in [0.5, 0.6) is 5.75 Å². The second-order valence-corrected chi connectivity index (χ2v) is 8.28. The van der Waals surface area contributed by atoms with Crippen molar-refractivity contribution in [3.63, 3.8) is 0 Å². The summed E-state index contributed by atoms with van der Waals surface area (Å²) >= 11 is 0. The van der Waals surface area contributed by atoms with Crippen molar-refractivity contribution in [2.24, 2.45) is 0 Å². The molecule has 0 aliphatic carbocycles. The molecule has 0 bridgehead atoms. The van der Waals surface area contributed by atoms with Gasteiger partial charge in [0.2, 0.25) is 0 Å². The average molecular weight is 386 g/mol. The molecule has 0 aliphatic heterocycles. The molecule has 0 spiro atoms.